The van der Waals surface area contributed by atoms with E-state index in [2.05, 4.69) is 41.9 Å². The molecule has 3 heteroatoms. The van der Waals surface area contributed by atoms with Crippen LogP contribution in [0.2, 0.25) is 0 Å². The van der Waals surface area contributed by atoms with Gasteiger partial charge in [-0.3, -0.25) is 0 Å². The molecule has 2 rings (SSSR count). The first kappa shape index (κ1) is 15.1. The molecule has 2 N–H and O–H groups in total. The van der Waals surface area contributed by atoms with Crippen molar-refractivity contribution in [2.24, 2.45) is 5.73 Å². The van der Waals surface area contributed by atoms with E-state index in [0.717, 1.165) is 22.4 Å². The van der Waals surface area contributed by atoms with Crippen molar-refractivity contribution in [1.82, 2.24) is 0 Å². The summed E-state index contributed by atoms with van der Waals surface area (Å²) >= 11 is 3.53. The second-order valence-electron chi connectivity index (χ2n) is 5.31. The summed E-state index contributed by atoms with van der Waals surface area (Å²) < 4.78 is 6.89. The molecule has 0 radical (unpaired) electrons. The molecule has 0 aliphatic rings. The fourth-order valence-corrected chi connectivity index (χ4v) is 2.70. The summed E-state index contributed by atoms with van der Waals surface area (Å²) in [7, 11) is 0. The second kappa shape index (κ2) is 6.42. The molecular formula is C17H20BrNO. The van der Waals surface area contributed by atoms with Gasteiger partial charge in [0.15, 0.2) is 0 Å². The van der Waals surface area contributed by atoms with Gasteiger partial charge in [0.25, 0.3) is 0 Å². The first-order valence-corrected chi connectivity index (χ1v) is 7.54. The molecular weight excluding hydrogens is 314 g/mol. The van der Waals surface area contributed by atoms with Gasteiger partial charge in [-0.05, 0) is 84.1 Å². The Kier molecular flexibility index (Phi) is 4.84. The molecule has 0 spiro atoms. The minimum Gasteiger partial charge on any atom is -0.456 e. The van der Waals surface area contributed by atoms with Crippen molar-refractivity contribution in [2.45, 2.75) is 33.2 Å². The van der Waals surface area contributed by atoms with Gasteiger partial charge < -0.3 is 10.5 Å². The molecule has 0 heterocycles. The highest BCUT2D eigenvalue weighted by molar-refractivity contribution is 9.10. The Hall–Kier alpha value is -1.32. The fourth-order valence-electron chi connectivity index (χ4n) is 2.12. The van der Waals surface area contributed by atoms with Gasteiger partial charge in [-0.15, -0.1) is 0 Å². The molecule has 0 aliphatic carbocycles. The third-order valence-electron chi connectivity index (χ3n) is 3.17. The van der Waals surface area contributed by atoms with E-state index in [1.54, 1.807) is 0 Å². The normalized spacial score (nSPS) is 12.2. The van der Waals surface area contributed by atoms with Crippen LogP contribution in [0, 0.1) is 13.8 Å². The van der Waals surface area contributed by atoms with Crippen LogP contribution in [-0.2, 0) is 6.42 Å². The Bertz CT molecular complexity index is 608. The summed E-state index contributed by atoms with van der Waals surface area (Å²) in [5.41, 5.74) is 9.54. The summed E-state index contributed by atoms with van der Waals surface area (Å²) in [4.78, 5) is 0. The van der Waals surface area contributed by atoms with Gasteiger partial charge in [-0.25, -0.2) is 0 Å². The zero-order valence-corrected chi connectivity index (χ0v) is 13.7. The molecule has 1 unspecified atom stereocenters. The molecule has 0 fully saturated rings. The molecule has 2 nitrogen and oxygen atoms in total. The van der Waals surface area contributed by atoms with Crippen molar-refractivity contribution in [1.29, 1.82) is 0 Å². The SMILES string of the molecule is Cc1ccc(Oc2ccc(CC(C)N)c(C)c2)c(Br)c1. The Morgan fingerprint density at radius 2 is 1.90 bits per heavy atom. The van der Waals surface area contributed by atoms with Crippen LogP contribution >= 0.6 is 15.9 Å². The predicted molar refractivity (Wildman–Crippen MR) is 87.5 cm³/mol. The van der Waals surface area contributed by atoms with Crippen molar-refractivity contribution in [3.05, 3.63) is 57.6 Å². The largest absolute Gasteiger partial charge is 0.456 e. The number of rotatable bonds is 4. The van der Waals surface area contributed by atoms with Gasteiger partial charge in [0.2, 0.25) is 0 Å². The molecule has 106 valence electrons. The first-order valence-electron chi connectivity index (χ1n) is 6.75. The number of hydrogen-bond donors (Lipinski definition) is 1. The van der Waals surface area contributed by atoms with Gasteiger partial charge in [0, 0.05) is 6.04 Å². The van der Waals surface area contributed by atoms with Crippen LogP contribution in [-0.4, -0.2) is 6.04 Å². The van der Waals surface area contributed by atoms with Crippen LogP contribution in [0.1, 0.15) is 23.6 Å². The van der Waals surface area contributed by atoms with E-state index in [0.29, 0.717) is 0 Å². The van der Waals surface area contributed by atoms with E-state index in [1.165, 1.54) is 16.7 Å². The van der Waals surface area contributed by atoms with E-state index in [-0.39, 0.29) is 6.04 Å². The highest BCUT2D eigenvalue weighted by atomic mass is 79.9. The Morgan fingerprint density at radius 1 is 1.15 bits per heavy atom. The predicted octanol–water partition coefficient (Wildman–Crippen LogP) is 4.75. The van der Waals surface area contributed by atoms with Crippen molar-refractivity contribution in [2.75, 3.05) is 0 Å². The third kappa shape index (κ3) is 3.84. The number of hydrogen-bond acceptors (Lipinski definition) is 2. The van der Waals surface area contributed by atoms with Crippen LogP contribution in [0.5, 0.6) is 11.5 Å². The lowest BCUT2D eigenvalue weighted by Crippen LogP contribution is -2.18. The fraction of sp³-hybridized carbons (Fsp3) is 0.294. The quantitative estimate of drug-likeness (QED) is 0.876. The number of aryl methyl sites for hydroxylation is 2. The molecule has 2 aromatic carbocycles. The van der Waals surface area contributed by atoms with Crippen LogP contribution < -0.4 is 10.5 Å². The maximum absolute atomic E-state index is 5.93. The summed E-state index contributed by atoms with van der Waals surface area (Å²) in [6, 6.07) is 12.4. The van der Waals surface area contributed by atoms with Crippen LogP contribution in [0.4, 0.5) is 0 Å². The number of benzene rings is 2. The number of ether oxygens (including phenoxy) is 1. The lowest BCUT2D eigenvalue weighted by atomic mass is 10.0. The Morgan fingerprint density at radius 3 is 2.50 bits per heavy atom. The van der Waals surface area contributed by atoms with E-state index in [1.807, 2.05) is 31.2 Å². The molecule has 0 bridgehead atoms. The maximum Gasteiger partial charge on any atom is 0.141 e. The van der Waals surface area contributed by atoms with Gasteiger partial charge in [-0.1, -0.05) is 12.1 Å². The van der Waals surface area contributed by atoms with Crippen LogP contribution in [0.25, 0.3) is 0 Å². The smallest absolute Gasteiger partial charge is 0.141 e. The van der Waals surface area contributed by atoms with E-state index in [4.69, 9.17) is 10.5 Å². The van der Waals surface area contributed by atoms with E-state index in [9.17, 15) is 0 Å². The Balaban J connectivity index is 2.20. The topological polar surface area (TPSA) is 35.2 Å². The van der Waals surface area contributed by atoms with Crippen LogP contribution in [0.15, 0.2) is 40.9 Å². The highest BCUT2D eigenvalue weighted by Crippen LogP contribution is 2.31. The molecule has 1 atom stereocenters. The van der Waals surface area contributed by atoms with Crippen LogP contribution in [0.3, 0.4) is 0 Å². The number of halogens is 1. The summed E-state index contributed by atoms with van der Waals surface area (Å²) in [6.45, 7) is 6.17. The maximum atomic E-state index is 5.93. The van der Waals surface area contributed by atoms with Crippen molar-refractivity contribution < 1.29 is 4.74 Å². The number of nitrogens with two attached hydrogens (primary N) is 1. The van der Waals surface area contributed by atoms with Crippen molar-refractivity contribution in [3.8, 4) is 11.5 Å². The highest BCUT2D eigenvalue weighted by Gasteiger charge is 2.06. The standard InChI is InChI=1S/C17H20BrNO/c1-11-4-7-17(16(18)8-11)20-15-6-5-14(10-13(3)19)12(2)9-15/h4-9,13H,10,19H2,1-3H3. The zero-order valence-electron chi connectivity index (χ0n) is 12.1. The monoisotopic (exact) mass is 333 g/mol. The first-order chi connectivity index (χ1) is 9.45. The van der Waals surface area contributed by atoms with Crippen molar-refractivity contribution >= 4 is 15.9 Å². The van der Waals surface area contributed by atoms with Gasteiger partial charge >= 0.3 is 0 Å². The molecule has 0 saturated carbocycles. The van der Waals surface area contributed by atoms with Crippen molar-refractivity contribution in [3.63, 3.8) is 0 Å². The van der Waals surface area contributed by atoms with E-state index < -0.39 is 0 Å². The second-order valence-corrected chi connectivity index (χ2v) is 6.16. The van der Waals surface area contributed by atoms with Gasteiger partial charge in [0.05, 0.1) is 4.47 Å². The minimum absolute atomic E-state index is 0.173. The Labute approximate surface area is 129 Å². The summed E-state index contributed by atoms with van der Waals surface area (Å²) in [5.74, 6) is 1.68. The van der Waals surface area contributed by atoms with E-state index >= 15 is 0 Å². The summed E-state index contributed by atoms with van der Waals surface area (Å²) in [5, 5.41) is 0. The third-order valence-corrected chi connectivity index (χ3v) is 3.79. The molecule has 20 heavy (non-hydrogen) atoms. The average Bonchev–Trinajstić information content (AvgIpc) is 2.36. The zero-order chi connectivity index (χ0) is 14.7. The molecule has 0 saturated heterocycles. The molecule has 0 aromatic heterocycles. The summed E-state index contributed by atoms with van der Waals surface area (Å²) in [6.07, 6.45) is 0.889. The van der Waals surface area contributed by atoms with Gasteiger partial charge in [-0.2, -0.15) is 0 Å². The van der Waals surface area contributed by atoms with Gasteiger partial charge in [0.1, 0.15) is 11.5 Å². The lowest BCUT2D eigenvalue weighted by Gasteiger charge is -2.12. The average molecular weight is 334 g/mol. The molecule has 2 aromatic rings. The minimum atomic E-state index is 0.173. The molecule has 0 amide bonds. The lowest BCUT2D eigenvalue weighted by molar-refractivity contribution is 0.478. The molecule has 0 aliphatic heterocycles.